The van der Waals surface area contributed by atoms with Crippen molar-refractivity contribution in [3.8, 4) is 5.75 Å². The van der Waals surface area contributed by atoms with Crippen LogP contribution < -0.4 is 10.5 Å². The second-order valence-corrected chi connectivity index (χ2v) is 6.48. The number of carbonyl (C=O) groups excluding carboxylic acids is 1. The number of carbonyl (C=O) groups is 1. The molecule has 0 saturated carbocycles. The Bertz CT molecular complexity index is 738. The summed E-state index contributed by atoms with van der Waals surface area (Å²) in [5, 5.41) is 2.24. The second-order valence-electron chi connectivity index (χ2n) is 6.48. The van der Waals surface area contributed by atoms with Crippen LogP contribution in [0.5, 0.6) is 5.75 Å². The smallest absolute Gasteiger partial charge is 0.242 e. The first-order chi connectivity index (χ1) is 11.5. The Balaban J connectivity index is 1.75. The molecule has 0 aliphatic carbocycles. The summed E-state index contributed by atoms with van der Waals surface area (Å²) in [5.41, 5.74) is 6.58. The van der Waals surface area contributed by atoms with Gasteiger partial charge in [-0.2, -0.15) is 0 Å². The maximum atomic E-state index is 12.7. The lowest BCUT2D eigenvalue weighted by atomic mass is 9.89. The fraction of sp³-hybridized carbons (Fsp3) is 0.421. The normalized spacial score (nSPS) is 16.8. The minimum Gasteiger partial charge on any atom is -0.497 e. The van der Waals surface area contributed by atoms with Gasteiger partial charge >= 0.3 is 0 Å². The third-order valence-corrected chi connectivity index (χ3v) is 4.69. The van der Waals surface area contributed by atoms with Crippen LogP contribution in [-0.4, -0.2) is 43.7 Å². The van der Waals surface area contributed by atoms with E-state index in [1.54, 1.807) is 12.0 Å². The SMILES string of the molecule is COc1ccc2cc(CN(C)C(=O)C3(N)CCOCC3)ccc2c1. The van der Waals surface area contributed by atoms with Gasteiger partial charge < -0.3 is 20.1 Å². The maximum absolute atomic E-state index is 12.7. The van der Waals surface area contributed by atoms with Gasteiger partial charge in [0.05, 0.1) is 12.6 Å². The van der Waals surface area contributed by atoms with Crippen LogP contribution in [0.25, 0.3) is 10.8 Å². The molecule has 2 aromatic rings. The number of benzene rings is 2. The molecule has 0 unspecified atom stereocenters. The Morgan fingerprint density at radius 3 is 2.58 bits per heavy atom. The average molecular weight is 328 g/mol. The molecule has 0 bridgehead atoms. The third-order valence-electron chi connectivity index (χ3n) is 4.69. The molecule has 128 valence electrons. The highest BCUT2D eigenvalue weighted by Crippen LogP contribution is 2.24. The Hall–Kier alpha value is -2.11. The molecule has 0 radical (unpaired) electrons. The minimum atomic E-state index is -0.794. The van der Waals surface area contributed by atoms with Crippen molar-refractivity contribution >= 4 is 16.7 Å². The zero-order valence-electron chi connectivity index (χ0n) is 14.2. The lowest BCUT2D eigenvalue weighted by Gasteiger charge is -2.35. The van der Waals surface area contributed by atoms with E-state index in [-0.39, 0.29) is 5.91 Å². The monoisotopic (exact) mass is 328 g/mol. The predicted molar refractivity (Wildman–Crippen MR) is 93.9 cm³/mol. The lowest BCUT2D eigenvalue weighted by molar-refractivity contribution is -0.139. The molecule has 1 heterocycles. The van der Waals surface area contributed by atoms with E-state index in [0.717, 1.165) is 22.1 Å². The van der Waals surface area contributed by atoms with Gasteiger partial charge in [-0.25, -0.2) is 0 Å². The number of ether oxygens (including phenoxy) is 2. The number of rotatable bonds is 4. The van der Waals surface area contributed by atoms with Crippen molar-refractivity contribution in [1.82, 2.24) is 4.90 Å². The molecule has 1 fully saturated rings. The fourth-order valence-corrected chi connectivity index (χ4v) is 3.17. The zero-order chi connectivity index (χ0) is 17.2. The molecule has 1 saturated heterocycles. The topological polar surface area (TPSA) is 64.8 Å². The van der Waals surface area contributed by atoms with Crippen LogP contribution in [-0.2, 0) is 16.1 Å². The lowest BCUT2D eigenvalue weighted by Crippen LogP contribution is -2.57. The van der Waals surface area contributed by atoms with E-state index < -0.39 is 5.54 Å². The van der Waals surface area contributed by atoms with Crippen molar-refractivity contribution in [2.45, 2.75) is 24.9 Å². The van der Waals surface area contributed by atoms with E-state index >= 15 is 0 Å². The first-order valence-corrected chi connectivity index (χ1v) is 8.21. The van der Waals surface area contributed by atoms with Crippen LogP contribution in [0.15, 0.2) is 36.4 Å². The van der Waals surface area contributed by atoms with Crippen molar-refractivity contribution in [2.24, 2.45) is 5.73 Å². The highest BCUT2D eigenvalue weighted by molar-refractivity contribution is 5.87. The van der Waals surface area contributed by atoms with E-state index in [1.807, 2.05) is 31.3 Å². The standard InChI is InChI=1S/C19H24N2O3/c1-21(18(22)19(20)7-9-24-10-8-19)13-14-3-4-16-12-17(23-2)6-5-15(16)11-14/h3-6,11-12H,7-10,13,20H2,1-2H3. The molecule has 2 aromatic carbocycles. The Morgan fingerprint density at radius 1 is 1.21 bits per heavy atom. The highest BCUT2D eigenvalue weighted by Gasteiger charge is 2.37. The van der Waals surface area contributed by atoms with Crippen molar-refractivity contribution in [2.75, 3.05) is 27.4 Å². The van der Waals surface area contributed by atoms with Crippen LogP contribution in [0.2, 0.25) is 0 Å². The zero-order valence-corrected chi connectivity index (χ0v) is 14.2. The molecular weight excluding hydrogens is 304 g/mol. The number of amides is 1. The van der Waals surface area contributed by atoms with Crippen LogP contribution >= 0.6 is 0 Å². The molecule has 2 N–H and O–H groups in total. The van der Waals surface area contributed by atoms with Crippen molar-refractivity contribution in [1.29, 1.82) is 0 Å². The Morgan fingerprint density at radius 2 is 1.88 bits per heavy atom. The summed E-state index contributed by atoms with van der Waals surface area (Å²) < 4.78 is 10.6. The molecule has 1 aliphatic rings. The van der Waals surface area contributed by atoms with E-state index in [0.29, 0.717) is 32.6 Å². The quantitative estimate of drug-likeness (QED) is 0.935. The molecule has 3 rings (SSSR count). The summed E-state index contributed by atoms with van der Waals surface area (Å²) in [7, 11) is 3.47. The number of likely N-dealkylation sites (N-methyl/N-ethyl adjacent to an activating group) is 1. The molecule has 5 nitrogen and oxygen atoms in total. The molecule has 5 heteroatoms. The summed E-state index contributed by atoms with van der Waals surface area (Å²) in [4.78, 5) is 14.4. The average Bonchev–Trinajstić information content (AvgIpc) is 2.61. The molecular formula is C19H24N2O3. The Kier molecular flexibility index (Phi) is 4.73. The van der Waals surface area contributed by atoms with Gasteiger partial charge in [0.2, 0.25) is 5.91 Å². The van der Waals surface area contributed by atoms with Crippen LogP contribution in [0.1, 0.15) is 18.4 Å². The first kappa shape index (κ1) is 16.7. The summed E-state index contributed by atoms with van der Waals surface area (Å²) in [6.45, 7) is 1.64. The minimum absolute atomic E-state index is 0.0133. The summed E-state index contributed by atoms with van der Waals surface area (Å²) >= 11 is 0. The van der Waals surface area contributed by atoms with E-state index in [9.17, 15) is 4.79 Å². The Labute approximate surface area is 142 Å². The first-order valence-electron chi connectivity index (χ1n) is 8.21. The summed E-state index contributed by atoms with van der Waals surface area (Å²) in [5.74, 6) is 0.827. The van der Waals surface area contributed by atoms with E-state index in [2.05, 4.69) is 12.1 Å². The van der Waals surface area contributed by atoms with Gasteiger partial charge in [-0.3, -0.25) is 4.79 Å². The van der Waals surface area contributed by atoms with Gasteiger partial charge in [-0.05, 0) is 47.4 Å². The highest BCUT2D eigenvalue weighted by atomic mass is 16.5. The van der Waals surface area contributed by atoms with Crippen molar-refractivity contribution in [3.05, 3.63) is 42.0 Å². The number of hydrogen-bond donors (Lipinski definition) is 1. The third kappa shape index (κ3) is 3.37. The molecule has 1 aliphatic heterocycles. The van der Waals surface area contributed by atoms with Gasteiger partial charge in [0.25, 0.3) is 0 Å². The van der Waals surface area contributed by atoms with Gasteiger partial charge in [-0.1, -0.05) is 18.2 Å². The number of nitrogens with zero attached hydrogens (tertiary/aromatic N) is 1. The molecule has 0 aromatic heterocycles. The van der Waals surface area contributed by atoms with Gasteiger partial charge in [0.15, 0.2) is 0 Å². The summed E-state index contributed by atoms with van der Waals surface area (Å²) in [6.07, 6.45) is 1.15. The van der Waals surface area contributed by atoms with Gasteiger partial charge in [0, 0.05) is 26.8 Å². The number of methoxy groups -OCH3 is 1. The summed E-state index contributed by atoms with van der Waals surface area (Å²) in [6, 6.07) is 12.2. The van der Waals surface area contributed by atoms with Gasteiger partial charge in [0.1, 0.15) is 5.75 Å². The molecule has 0 spiro atoms. The van der Waals surface area contributed by atoms with Crippen LogP contribution in [0.4, 0.5) is 0 Å². The number of nitrogens with two attached hydrogens (primary N) is 1. The van der Waals surface area contributed by atoms with Crippen LogP contribution in [0.3, 0.4) is 0 Å². The molecule has 0 atom stereocenters. The molecule has 24 heavy (non-hydrogen) atoms. The number of fused-ring (bicyclic) bond motifs is 1. The number of hydrogen-bond acceptors (Lipinski definition) is 4. The van der Waals surface area contributed by atoms with Crippen molar-refractivity contribution in [3.63, 3.8) is 0 Å². The van der Waals surface area contributed by atoms with E-state index in [1.165, 1.54) is 0 Å². The largest absolute Gasteiger partial charge is 0.497 e. The van der Waals surface area contributed by atoms with Crippen LogP contribution in [0, 0.1) is 0 Å². The van der Waals surface area contributed by atoms with Crippen molar-refractivity contribution < 1.29 is 14.3 Å². The maximum Gasteiger partial charge on any atom is 0.242 e. The second kappa shape index (κ2) is 6.79. The predicted octanol–water partition coefficient (Wildman–Crippen LogP) is 2.31. The van der Waals surface area contributed by atoms with E-state index in [4.69, 9.17) is 15.2 Å². The fourth-order valence-electron chi connectivity index (χ4n) is 3.17. The molecule has 1 amide bonds. The van der Waals surface area contributed by atoms with Gasteiger partial charge in [-0.15, -0.1) is 0 Å².